The molecule has 1 aliphatic rings. The molecule has 7 heteroatoms. The van der Waals surface area contributed by atoms with E-state index >= 15 is 0 Å². The number of carboxylic acid groups (broad SMARTS) is 1. The van der Waals surface area contributed by atoms with Gasteiger partial charge < -0.3 is 14.7 Å². The largest absolute Gasteiger partial charge is 0.480 e. The van der Waals surface area contributed by atoms with Crippen LogP contribution in [0, 0.1) is 5.82 Å². The van der Waals surface area contributed by atoms with E-state index in [9.17, 15) is 9.18 Å². The minimum atomic E-state index is -0.961. The molecule has 0 radical (unpaired) electrons. The van der Waals surface area contributed by atoms with Crippen molar-refractivity contribution < 1.29 is 19.0 Å². The normalized spacial score (nSPS) is 24.0. The van der Waals surface area contributed by atoms with Crippen LogP contribution in [0.1, 0.15) is 6.42 Å². The molecule has 1 aromatic heterocycles. The van der Waals surface area contributed by atoms with Crippen LogP contribution in [0.25, 0.3) is 0 Å². The molecule has 0 amide bonds. The van der Waals surface area contributed by atoms with Crippen molar-refractivity contribution in [3.63, 3.8) is 0 Å². The molecule has 17 heavy (non-hydrogen) atoms. The number of methoxy groups -OCH3 is 1. The summed E-state index contributed by atoms with van der Waals surface area (Å²) in [4.78, 5) is 20.2. The number of ether oxygens (including phenoxy) is 1. The topological polar surface area (TPSA) is 75.6 Å². The van der Waals surface area contributed by atoms with Gasteiger partial charge in [0.05, 0.1) is 18.5 Å². The first-order valence-corrected chi connectivity index (χ1v) is 5.11. The van der Waals surface area contributed by atoms with Crippen LogP contribution in [0.2, 0.25) is 0 Å². The van der Waals surface area contributed by atoms with E-state index < -0.39 is 17.8 Å². The number of aromatic nitrogens is 2. The molecular weight excluding hydrogens is 229 g/mol. The van der Waals surface area contributed by atoms with Crippen molar-refractivity contribution in [1.82, 2.24) is 9.97 Å². The summed E-state index contributed by atoms with van der Waals surface area (Å²) in [6.45, 7) is 0.388. The van der Waals surface area contributed by atoms with Crippen LogP contribution in [0.15, 0.2) is 12.4 Å². The van der Waals surface area contributed by atoms with Crippen LogP contribution in [0.5, 0.6) is 0 Å². The fraction of sp³-hybridized carbons (Fsp3) is 0.500. The van der Waals surface area contributed by atoms with Crippen LogP contribution in [0.4, 0.5) is 10.3 Å². The van der Waals surface area contributed by atoms with E-state index in [1.165, 1.54) is 12.0 Å². The lowest BCUT2D eigenvalue weighted by Gasteiger charge is -2.20. The summed E-state index contributed by atoms with van der Waals surface area (Å²) in [5, 5.41) is 9.09. The van der Waals surface area contributed by atoms with Crippen LogP contribution in [0.3, 0.4) is 0 Å². The second-order valence-electron chi connectivity index (χ2n) is 3.80. The van der Waals surface area contributed by atoms with E-state index in [0.717, 1.165) is 12.4 Å². The number of nitrogens with zero attached hydrogens (tertiary/aromatic N) is 3. The number of carboxylic acids is 1. The van der Waals surface area contributed by atoms with Gasteiger partial charge in [0.25, 0.3) is 0 Å². The first kappa shape index (κ1) is 11.7. The van der Waals surface area contributed by atoms with Crippen molar-refractivity contribution in [2.75, 3.05) is 18.6 Å². The SMILES string of the molecule is COC1CC(C(=O)O)N(c2ncc(F)cn2)C1. The highest BCUT2D eigenvalue weighted by molar-refractivity contribution is 5.78. The minimum Gasteiger partial charge on any atom is -0.480 e. The highest BCUT2D eigenvalue weighted by Gasteiger charge is 2.38. The Morgan fingerprint density at radius 1 is 1.59 bits per heavy atom. The number of hydrogen-bond acceptors (Lipinski definition) is 5. The lowest BCUT2D eigenvalue weighted by Crippen LogP contribution is -2.37. The first-order valence-electron chi connectivity index (χ1n) is 5.11. The zero-order chi connectivity index (χ0) is 12.4. The Hall–Kier alpha value is -1.76. The summed E-state index contributed by atoms with van der Waals surface area (Å²) in [6.07, 6.45) is 2.22. The molecule has 1 fully saturated rings. The molecule has 2 unspecified atom stereocenters. The molecule has 6 nitrogen and oxygen atoms in total. The Bertz CT molecular complexity index is 412. The number of carbonyl (C=O) groups is 1. The van der Waals surface area contributed by atoms with Gasteiger partial charge in [-0.05, 0) is 0 Å². The van der Waals surface area contributed by atoms with Gasteiger partial charge >= 0.3 is 5.97 Å². The first-order chi connectivity index (χ1) is 8.11. The number of anilines is 1. The van der Waals surface area contributed by atoms with Crippen LogP contribution in [-0.4, -0.2) is 46.8 Å². The van der Waals surface area contributed by atoms with E-state index in [0.29, 0.717) is 13.0 Å². The Balaban J connectivity index is 2.23. The predicted molar refractivity (Wildman–Crippen MR) is 56.2 cm³/mol. The van der Waals surface area contributed by atoms with Gasteiger partial charge in [-0.2, -0.15) is 0 Å². The van der Waals surface area contributed by atoms with Gasteiger partial charge in [-0.15, -0.1) is 0 Å². The molecule has 1 saturated heterocycles. The van der Waals surface area contributed by atoms with E-state index in [-0.39, 0.29) is 12.1 Å². The van der Waals surface area contributed by atoms with Gasteiger partial charge in [0, 0.05) is 20.1 Å². The van der Waals surface area contributed by atoms with E-state index in [1.54, 1.807) is 0 Å². The second-order valence-corrected chi connectivity index (χ2v) is 3.80. The molecule has 92 valence electrons. The summed E-state index contributed by atoms with van der Waals surface area (Å²) in [6, 6.07) is -0.731. The van der Waals surface area contributed by atoms with Crippen LogP contribution < -0.4 is 4.90 Å². The number of aliphatic carboxylic acids is 1. The summed E-state index contributed by atoms with van der Waals surface area (Å²) >= 11 is 0. The van der Waals surface area contributed by atoms with Crippen LogP contribution in [-0.2, 0) is 9.53 Å². The number of rotatable bonds is 3. The van der Waals surface area contributed by atoms with Crippen molar-refractivity contribution in [2.24, 2.45) is 0 Å². The maximum absolute atomic E-state index is 12.7. The fourth-order valence-corrected chi connectivity index (χ4v) is 1.88. The van der Waals surface area contributed by atoms with Crippen molar-refractivity contribution in [3.8, 4) is 0 Å². The third-order valence-electron chi connectivity index (χ3n) is 2.74. The molecule has 0 spiro atoms. The lowest BCUT2D eigenvalue weighted by atomic mass is 10.2. The Labute approximate surface area is 97.0 Å². The average Bonchev–Trinajstić information content (AvgIpc) is 2.74. The zero-order valence-corrected chi connectivity index (χ0v) is 9.21. The van der Waals surface area contributed by atoms with E-state index in [2.05, 4.69) is 9.97 Å². The van der Waals surface area contributed by atoms with Gasteiger partial charge in [0.2, 0.25) is 5.95 Å². The summed E-state index contributed by atoms with van der Waals surface area (Å²) < 4.78 is 17.8. The van der Waals surface area contributed by atoms with Crippen molar-refractivity contribution in [1.29, 1.82) is 0 Å². The molecule has 0 bridgehead atoms. The van der Waals surface area contributed by atoms with Gasteiger partial charge in [-0.1, -0.05) is 0 Å². The second kappa shape index (κ2) is 4.62. The fourth-order valence-electron chi connectivity index (χ4n) is 1.88. The predicted octanol–water partition coefficient (Wildman–Crippen LogP) is 0.294. The zero-order valence-electron chi connectivity index (χ0n) is 9.21. The van der Waals surface area contributed by atoms with Gasteiger partial charge in [0.1, 0.15) is 6.04 Å². The van der Waals surface area contributed by atoms with Crippen molar-refractivity contribution >= 4 is 11.9 Å². The molecule has 0 saturated carbocycles. The minimum absolute atomic E-state index is 0.176. The highest BCUT2D eigenvalue weighted by atomic mass is 19.1. The van der Waals surface area contributed by atoms with Gasteiger partial charge in [-0.25, -0.2) is 19.2 Å². The Kier molecular flexibility index (Phi) is 3.19. The summed E-state index contributed by atoms with van der Waals surface area (Å²) in [5.74, 6) is -1.31. The molecule has 1 aromatic rings. The quantitative estimate of drug-likeness (QED) is 0.820. The molecule has 2 atom stereocenters. The molecule has 0 aliphatic carbocycles. The molecule has 1 aliphatic heterocycles. The molecule has 1 N–H and O–H groups in total. The molecular formula is C10H12FN3O3. The third kappa shape index (κ3) is 2.33. The van der Waals surface area contributed by atoms with Crippen molar-refractivity contribution in [2.45, 2.75) is 18.6 Å². The smallest absolute Gasteiger partial charge is 0.326 e. The molecule has 2 heterocycles. The lowest BCUT2D eigenvalue weighted by molar-refractivity contribution is -0.138. The maximum atomic E-state index is 12.7. The molecule has 0 aromatic carbocycles. The highest BCUT2D eigenvalue weighted by Crippen LogP contribution is 2.24. The van der Waals surface area contributed by atoms with Crippen molar-refractivity contribution in [3.05, 3.63) is 18.2 Å². The van der Waals surface area contributed by atoms with Gasteiger partial charge in [0.15, 0.2) is 5.82 Å². The van der Waals surface area contributed by atoms with Crippen LogP contribution >= 0.6 is 0 Å². The monoisotopic (exact) mass is 241 g/mol. The molecule has 2 rings (SSSR count). The summed E-state index contributed by atoms with van der Waals surface area (Å²) in [7, 11) is 1.53. The third-order valence-corrected chi connectivity index (χ3v) is 2.74. The van der Waals surface area contributed by atoms with Gasteiger partial charge in [-0.3, -0.25) is 0 Å². The summed E-state index contributed by atoms with van der Waals surface area (Å²) in [5.41, 5.74) is 0. The Morgan fingerprint density at radius 2 is 2.24 bits per heavy atom. The number of halogens is 1. The van der Waals surface area contributed by atoms with E-state index in [4.69, 9.17) is 9.84 Å². The standard InChI is InChI=1S/C10H12FN3O3/c1-17-7-2-8(9(15)16)14(5-7)10-12-3-6(11)4-13-10/h3-4,7-8H,2,5H2,1H3,(H,15,16). The average molecular weight is 241 g/mol. The Morgan fingerprint density at radius 3 is 2.76 bits per heavy atom. The number of hydrogen-bond donors (Lipinski definition) is 1. The maximum Gasteiger partial charge on any atom is 0.326 e. The van der Waals surface area contributed by atoms with E-state index in [1.807, 2.05) is 0 Å².